The first-order valence-electron chi connectivity index (χ1n) is 13.6. The largest absolute Gasteiger partial charge is 0.381 e. The molecule has 0 aromatic heterocycles. The van der Waals surface area contributed by atoms with Crippen LogP contribution in [0.5, 0.6) is 0 Å². The van der Waals surface area contributed by atoms with E-state index >= 15 is 0 Å². The summed E-state index contributed by atoms with van der Waals surface area (Å²) >= 11 is 1.90. The van der Waals surface area contributed by atoms with E-state index in [1.165, 1.54) is 89.9 Å². The van der Waals surface area contributed by atoms with Gasteiger partial charge in [-0.15, -0.1) is 0 Å². The van der Waals surface area contributed by atoms with Crippen LogP contribution in [0.15, 0.2) is 0 Å². The van der Waals surface area contributed by atoms with E-state index in [1.807, 2.05) is 32.9 Å². The molecule has 7 heteroatoms. The minimum atomic E-state index is -3.52. The molecule has 0 aliphatic carbocycles. The minimum Gasteiger partial charge on any atom is -0.381 e. The van der Waals surface area contributed by atoms with Crippen LogP contribution in [0.2, 0.25) is 0 Å². The molecule has 0 radical (unpaired) electrons. The van der Waals surface area contributed by atoms with E-state index in [1.54, 1.807) is 7.11 Å². The first kappa shape index (κ1) is 33.4. The summed E-state index contributed by atoms with van der Waals surface area (Å²) in [4.78, 5) is 10.0. The van der Waals surface area contributed by atoms with Crippen molar-refractivity contribution in [3.63, 3.8) is 0 Å². The number of rotatable bonds is 25. The van der Waals surface area contributed by atoms with Crippen molar-refractivity contribution in [1.82, 2.24) is 0 Å². The zero-order valence-corrected chi connectivity index (χ0v) is 24.4. The maximum Gasteiger partial charge on any atom is 0.328 e. The van der Waals surface area contributed by atoms with Gasteiger partial charge >= 0.3 is 7.60 Å². The van der Waals surface area contributed by atoms with E-state index in [0.717, 1.165) is 16.0 Å². The summed E-state index contributed by atoms with van der Waals surface area (Å²) < 4.78 is 23.7. The van der Waals surface area contributed by atoms with Gasteiger partial charge in [-0.1, -0.05) is 90.4 Å². The number of hydrogen-bond acceptors (Lipinski definition) is 4. The van der Waals surface area contributed by atoms with Crippen molar-refractivity contribution in [3.8, 4) is 0 Å². The van der Waals surface area contributed by atoms with Gasteiger partial charge in [0, 0.05) is 12.9 Å². The lowest BCUT2D eigenvalue weighted by molar-refractivity contribution is -0.870. The Kier molecular flexibility index (Phi) is 22.0. The topological polar surface area (TPSA) is 55.8 Å². The Morgan fingerprint density at radius 2 is 1.33 bits per heavy atom. The standard InChI is InChI=1S/C26H56NO4PS/c1-6-7-8-9-10-11-12-13-14-15-16-17-18-19-24-33-25-26(30-5)20-23-32(28,29)31-22-21-27(2,3)4/h26H,6-25H2,1-5H3/p+1/t26-/m1/s1. The SMILES string of the molecule is CCCCCCCCCCCCCCCCSC[C@@H](CCP(=O)(O)OCC[N+](C)(C)C)OC. The number of nitrogens with zero attached hydrogens (tertiary/aromatic N) is 1. The number of unbranched alkanes of at least 4 members (excludes halogenated alkanes) is 13. The van der Waals surface area contributed by atoms with Crippen LogP contribution in [-0.4, -0.2) is 74.6 Å². The average Bonchev–Trinajstić information content (AvgIpc) is 2.74. The van der Waals surface area contributed by atoms with E-state index in [0.29, 0.717) is 19.6 Å². The molecule has 0 bridgehead atoms. The highest BCUT2D eigenvalue weighted by Gasteiger charge is 2.23. The van der Waals surface area contributed by atoms with E-state index < -0.39 is 7.60 Å². The minimum absolute atomic E-state index is 0.0177. The van der Waals surface area contributed by atoms with Crippen LogP contribution in [0, 0.1) is 0 Å². The molecule has 0 saturated heterocycles. The van der Waals surface area contributed by atoms with Crippen LogP contribution in [0.3, 0.4) is 0 Å². The normalized spacial score (nSPS) is 15.0. The van der Waals surface area contributed by atoms with Gasteiger partial charge in [-0.25, -0.2) is 0 Å². The molecular weight excluding hydrogens is 453 g/mol. The van der Waals surface area contributed by atoms with Crippen LogP contribution in [-0.2, 0) is 13.8 Å². The third-order valence-corrected chi connectivity index (χ3v) is 8.66. The quantitative estimate of drug-likeness (QED) is 0.0782. The fourth-order valence-electron chi connectivity index (χ4n) is 3.71. The Balaban J connectivity index is 3.53. The average molecular weight is 511 g/mol. The molecule has 0 aliphatic rings. The second-order valence-corrected chi connectivity index (χ2v) is 13.7. The molecule has 200 valence electrons. The highest BCUT2D eigenvalue weighted by Crippen LogP contribution is 2.42. The van der Waals surface area contributed by atoms with Crippen molar-refractivity contribution in [2.45, 2.75) is 109 Å². The van der Waals surface area contributed by atoms with Gasteiger partial charge in [0.25, 0.3) is 0 Å². The van der Waals surface area contributed by atoms with Crippen molar-refractivity contribution in [2.24, 2.45) is 0 Å². The molecule has 1 N–H and O–H groups in total. The number of hydrogen-bond donors (Lipinski definition) is 1. The van der Waals surface area contributed by atoms with Gasteiger partial charge in [0.05, 0.1) is 33.4 Å². The Morgan fingerprint density at radius 3 is 1.79 bits per heavy atom. The van der Waals surface area contributed by atoms with E-state index in [2.05, 4.69) is 6.92 Å². The summed E-state index contributed by atoms with van der Waals surface area (Å²) in [5.41, 5.74) is 0. The lowest BCUT2D eigenvalue weighted by atomic mass is 10.0. The van der Waals surface area contributed by atoms with Gasteiger partial charge in [0.1, 0.15) is 13.2 Å². The van der Waals surface area contributed by atoms with Crippen LogP contribution in [0.4, 0.5) is 0 Å². The number of likely N-dealkylation sites (N-methyl/N-ethyl adjacent to an activating group) is 1. The van der Waals surface area contributed by atoms with E-state index in [4.69, 9.17) is 9.26 Å². The van der Waals surface area contributed by atoms with Gasteiger partial charge in [-0.2, -0.15) is 11.8 Å². The number of ether oxygens (including phenoxy) is 1. The lowest BCUT2D eigenvalue weighted by Crippen LogP contribution is -2.37. The number of quaternary nitrogens is 1. The Labute approximate surface area is 210 Å². The van der Waals surface area contributed by atoms with Crippen molar-refractivity contribution in [3.05, 3.63) is 0 Å². The van der Waals surface area contributed by atoms with Gasteiger partial charge in [0.15, 0.2) is 0 Å². The van der Waals surface area contributed by atoms with E-state index in [-0.39, 0.29) is 12.3 Å². The monoisotopic (exact) mass is 510 g/mol. The van der Waals surface area contributed by atoms with Crippen LogP contribution in [0.25, 0.3) is 0 Å². The smallest absolute Gasteiger partial charge is 0.328 e. The van der Waals surface area contributed by atoms with Crippen molar-refractivity contribution < 1.29 is 23.2 Å². The Morgan fingerprint density at radius 1 is 0.848 bits per heavy atom. The maximum absolute atomic E-state index is 12.2. The molecule has 0 fully saturated rings. The highest BCUT2D eigenvalue weighted by molar-refractivity contribution is 7.99. The molecule has 0 aromatic carbocycles. The summed E-state index contributed by atoms with van der Waals surface area (Å²) in [6.07, 6.45) is 20.2. The van der Waals surface area contributed by atoms with Gasteiger partial charge in [-0.05, 0) is 18.6 Å². The third-order valence-electron chi connectivity index (χ3n) is 6.07. The summed E-state index contributed by atoms with van der Waals surface area (Å²) in [5, 5.41) is 0. The van der Waals surface area contributed by atoms with Crippen LogP contribution >= 0.6 is 19.4 Å². The van der Waals surface area contributed by atoms with Crippen molar-refractivity contribution in [2.75, 3.05) is 59.1 Å². The Hall–Kier alpha value is 0.420. The summed E-state index contributed by atoms with van der Waals surface area (Å²) in [6.45, 7) is 3.30. The second kappa shape index (κ2) is 21.7. The predicted octanol–water partition coefficient (Wildman–Crippen LogP) is 7.51. The fourth-order valence-corrected chi connectivity index (χ4v) is 5.96. The zero-order chi connectivity index (χ0) is 24.8. The fraction of sp³-hybridized carbons (Fsp3) is 1.00. The highest BCUT2D eigenvalue weighted by atomic mass is 32.2. The molecule has 0 saturated carbocycles. The number of thioether (sulfide) groups is 1. The molecule has 33 heavy (non-hydrogen) atoms. The van der Waals surface area contributed by atoms with Gasteiger partial charge < -0.3 is 18.6 Å². The molecule has 0 spiro atoms. The maximum atomic E-state index is 12.2. The van der Waals surface area contributed by atoms with Gasteiger partial charge in [-0.3, -0.25) is 4.57 Å². The zero-order valence-electron chi connectivity index (χ0n) is 22.7. The number of methoxy groups -OCH3 is 1. The lowest BCUT2D eigenvalue weighted by Gasteiger charge is -2.24. The summed E-state index contributed by atoms with van der Waals surface area (Å²) in [7, 11) is 4.30. The molecule has 0 heterocycles. The molecule has 5 nitrogen and oxygen atoms in total. The third kappa shape index (κ3) is 25.3. The van der Waals surface area contributed by atoms with Crippen molar-refractivity contribution >= 4 is 19.4 Å². The molecule has 0 rings (SSSR count). The van der Waals surface area contributed by atoms with Crippen LogP contribution in [0.1, 0.15) is 103 Å². The molecule has 1 unspecified atom stereocenters. The predicted molar refractivity (Wildman–Crippen MR) is 147 cm³/mol. The molecule has 0 aromatic rings. The first-order chi connectivity index (χ1) is 15.7. The van der Waals surface area contributed by atoms with Crippen LogP contribution < -0.4 is 0 Å². The van der Waals surface area contributed by atoms with Crippen molar-refractivity contribution in [1.29, 1.82) is 0 Å². The second-order valence-electron chi connectivity index (χ2n) is 10.5. The summed E-state index contributed by atoms with van der Waals surface area (Å²) in [5.74, 6) is 2.03. The van der Waals surface area contributed by atoms with Gasteiger partial charge in [0.2, 0.25) is 0 Å². The summed E-state index contributed by atoms with van der Waals surface area (Å²) in [6, 6.07) is 0. The van der Waals surface area contributed by atoms with E-state index in [9.17, 15) is 9.46 Å². The first-order valence-corrected chi connectivity index (χ1v) is 16.5. The Bertz CT molecular complexity index is 474. The molecular formula is C26H57NO4PS+. The molecule has 0 aliphatic heterocycles. The molecule has 0 amide bonds. The molecule has 2 atom stereocenters.